The molecule has 0 aromatic heterocycles. The van der Waals surface area contributed by atoms with Crippen molar-refractivity contribution in [1.29, 1.82) is 0 Å². The van der Waals surface area contributed by atoms with E-state index in [4.69, 9.17) is 0 Å². The molecule has 1 aromatic rings. The van der Waals surface area contributed by atoms with Crippen LogP contribution in [0.2, 0.25) is 0 Å². The van der Waals surface area contributed by atoms with E-state index in [2.05, 4.69) is 10.6 Å². The Bertz CT molecular complexity index is 495. The molecule has 0 atom stereocenters. The molecule has 0 aliphatic heterocycles. The van der Waals surface area contributed by atoms with E-state index in [1.54, 1.807) is 12.1 Å². The summed E-state index contributed by atoms with van der Waals surface area (Å²) in [5.74, 6) is 0. The largest absolute Gasteiger partial charge is 0.338 e. The Morgan fingerprint density at radius 2 is 1.78 bits per heavy atom. The lowest BCUT2D eigenvalue weighted by molar-refractivity contribution is 0.240. The summed E-state index contributed by atoms with van der Waals surface area (Å²) in [5, 5.41) is 5.38. The third-order valence-corrected chi connectivity index (χ3v) is 3.47. The van der Waals surface area contributed by atoms with E-state index < -0.39 is 9.84 Å². The number of benzene rings is 1. The molecule has 1 aromatic carbocycles. The number of amides is 2. The van der Waals surface area contributed by atoms with Crippen LogP contribution in [-0.4, -0.2) is 27.2 Å². The third-order valence-electron chi connectivity index (χ3n) is 2.34. The molecule has 1 rings (SSSR count). The molecular weight excluding hydrogens is 252 g/mol. The normalized spacial score (nSPS) is 11.0. The Balaban J connectivity index is 2.52. The standard InChI is InChI=1S/C12H18N2O3S/c1-3-8-13-12(15)14-9-10-4-6-11(7-5-10)18(2,16)17/h4-7H,3,8-9H2,1-2H3,(H2,13,14,15). The number of hydrogen-bond donors (Lipinski definition) is 2. The highest BCUT2D eigenvalue weighted by molar-refractivity contribution is 7.90. The molecule has 5 nitrogen and oxygen atoms in total. The molecule has 6 heteroatoms. The number of carbonyl (C=O) groups is 1. The fraction of sp³-hybridized carbons (Fsp3) is 0.417. The van der Waals surface area contributed by atoms with Crippen molar-refractivity contribution in [3.63, 3.8) is 0 Å². The van der Waals surface area contributed by atoms with E-state index >= 15 is 0 Å². The lowest BCUT2D eigenvalue weighted by Gasteiger charge is -2.07. The molecule has 18 heavy (non-hydrogen) atoms. The van der Waals surface area contributed by atoms with Crippen molar-refractivity contribution < 1.29 is 13.2 Å². The van der Waals surface area contributed by atoms with Crippen LogP contribution in [0.3, 0.4) is 0 Å². The number of carbonyl (C=O) groups excluding carboxylic acids is 1. The molecule has 0 fully saturated rings. The van der Waals surface area contributed by atoms with Crippen LogP contribution >= 0.6 is 0 Å². The van der Waals surface area contributed by atoms with Crippen LogP contribution in [0.5, 0.6) is 0 Å². The first kappa shape index (κ1) is 14.5. The van der Waals surface area contributed by atoms with Gasteiger partial charge >= 0.3 is 6.03 Å². The number of nitrogens with one attached hydrogen (secondary N) is 2. The first-order valence-electron chi connectivity index (χ1n) is 5.74. The van der Waals surface area contributed by atoms with Crippen molar-refractivity contribution in [2.75, 3.05) is 12.8 Å². The monoisotopic (exact) mass is 270 g/mol. The topological polar surface area (TPSA) is 75.3 Å². The molecule has 100 valence electrons. The van der Waals surface area contributed by atoms with Gasteiger partial charge in [0, 0.05) is 19.3 Å². The molecular formula is C12H18N2O3S. The Morgan fingerprint density at radius 1 is 1.17 bits per heavy atom. The van der Waals surface area contributed by atoms with Crippen LogP contribution in [-0.2, 0) is 16.4 Å². The maximum absolute atomic E-state index is 11.3. The van der Waals surface area contributed by atoms with Gasteiger partial charge in [0.2, 0.25) is 0 Å². The van der Waals surface area contributed by atoms with Crippen LogP contribution in [0.4, 0.5) is 4.79 Å². The maximum atomic E-state index is 11.3. The Hall–Kier alpha value is -1.56. The van der Waals surface area contributed by atoms with Crippen LogP contribution in [0.15, 0.2) is 29.2 Å². The first-order valence-corrected chi connectivity index (χ1v) is 7.63. The summed E-state index contributed by atoms with van der Waals surface area (Å²) in [6, 6.07) is 6.24. The summed E-state index contributed by atoms with van der Waals surface area (Å²) >= 11 is 0. The van der Waals surface area contributed by atoms with Gasteiger partial charge in [-0.05, 0) is 24.1 Å². The molecule has 0 spiro atoms. The lowest BCUT2D eigenvalue weighted by atomic mass is 10.2. The van der Waals surface area contributed by atoms with Crippen molar-refractivity contribution >= 4 is 15.9 Å². The van der Waals surface area contributed by atoms with Gasteiger partial charge in [-0.25, -0.2) is 13.2 Å². The van der Waals surface area contributed by atoms with Crippen LogP contribution in [0.1, 0.15) is 18.9 Å². The summed E-state index contributed by atoms with van der Waals surface area (Å²) < 4.78 is 22.5. The second-order valence-corrected chi connectivity index (χ2v) is 6.04. The zero-order chi connectivity index (χ0) is 13.6. The van der Waals surface area contributed by atoms with Gasteiger partial charge in [-0.1, -0.05) is 19.1 Å². The van der Waals surface area contributed by atoms with Crippen LogP contribution in [0, 0.1) is 0 Å². The van der Waals surface area contributed by atoms with E-state index in [1.807, 2.05) is 6.92 Å². The maximum Gasteiger partial charge on any atom is 0.315 e. The second-order valence-electron chi connectivity index (χ2n) is 4.03. The van der Waals surface area contributed by atoms with Gasteiger partial charge in [0.05, 0.1) is 4.90 Å². The zero-order valence-electron chi connectivity index (χ0n) is 10.6. The number of urea groups is 1. The van der Waals surface area contributed by atoms with Crippen LogP contribution in [0.25, 0.3) is 0 Å². The van der Waals surface area contributed by atoms with Gasteiger partial charge in [0.15, 0.2) is 9.84 Å². The molecule has 0 bridgehead atoms. The van der Waals surface area contributed by atoms with Gasteiger partial charge < -0.3 is 10.6 Å². The second kappa shape index (κ2) is 6.39. The smallest absolute Gasteiger partial charge is 0.315 e. The third kappa shape index (κ3) is 4.75. The van der Waals surface area contributed by atoms with E-state index in [9.17, 15) is 13.2 Å². The first-order chi connectivity index (χ1) is 8.43. The highest BCUT2D eigenvalue weighted by atomic mass is 32.2. The summed E-state index contributed by atoms with van der Waals surface area (Å²) in [6.07, 6.45) is 2.05. The molecule has 2 amide bonds. The SMILES string of the molecule is CCCNC(=O)NCc1ccc(S(C)(=O)=O)cc1. The highest BCUT2D eigenvalue weighted by Crippen LogP contribution is 2.09. The van der Waals surface area contributed by atoms with Gasteiger partial charge in [0.25, 0.3) is 0 Å². The molecule has 0 radical (unpaired) electrons. The summed E-state index contributed by atoms with van der Waals surface area (Å²) in [5.41, 5.74) is 0.856. The molecule has 0 heterocycles. The molecule has 0 unspecified atom stereocenters. The minimum Gasteiger partial charge on any atom is -0.338 e. The van der Waals surface area contributed by atoms with Gasteiger partial charge in [0.1, 0.15) is 0 Å². The van der Waals surface area contributed by atoms with E-state index in [0.717, 1.165) is 12.0 Å². The van der Waals surface area contributed by atoms with Gasteiger partial charge in [-0.15, -0.1) is 0 Å². The summed E-state index contributed by atoms with van der Waals surface area (Å²) in [4.78, 5) is 11.6. The van der Waals surface area contributed by atoms with Gasteiger partial charge in [-0.2, -0.15) is 0 Å². The molecule has 0 aliphatic rings. The predicted octanol–water partition coefficient (Wildman–Crippen LogP) is 1.30. The van der Waals surface area contributed by atoms with Crippen molar-refractivity contribution in [2.45, 2.75) is 24.8 Å². The quantitative estimate of drug-likeness (QED) is 0.846. The fourth-order valence-corrected chi connectivity index (χ4v) is 1.97. The Labute approximate surface area is 108 Å². The Kier molecular flexibility index (Phi) is 5.15. The average molecular weight is 270 g/mol. The van der Waals surface area contributed by atoms with E-state index in [-0.39, 0.29) is 10.9 Å². The van der Waals surface area contributed by atoms with E-state index in [1.165, 1.54) is 18.4 Å². The zero-order valence-corrected chi connectivity index (χ0v) is 11.4. The minimum atomic E-state index is -3.16. The van der Waals surface area contributed by atoms with Crippen molar-refractivity contribution in [3.05, 3.63) is 29.8 Å². The highest BCUT2D eigenvalue weighted by Gasteiger charge is 2.06. The molecule has 0 saturated heterocycles. The van der Waals surface area contributed by atoms with Crippen molar-refractivity contribution in [3.8, 4) is 0 Å². The van der Waals surface area contributed by atoms with Crippen molar-refractivity contribution in [2.24, 2.45) is 0 Å². The molecule has 0 saturated carbocycles. The number of sulfone groups is 1. The lowest BCUT2D eigenvalue weighted by Crippen LogP contribution is -2.35. The summed E-state index contributed by atoms with van der Waals surface area (Å²) in [6.45, 7) is 2.99. The average Bonchev–Trinajstić information content (AvgIpc) is 2.33. The number of hydrogen-bond acceptors (Lipinski definition) is 3. The van der Waals surface area contributed by atoms with E-state index in [0.29, 0.717) is 13.1 Å². The number of rotatable bonds is 5. The summed E-state index contributed by atoms with van der Waals surface area (Å²) in [7, 11) is -3.16. The Morgan fingerprint density at radius 3 is 2.28 bits per heavy atom. The van der Waals surface area contributed by atoms with Crippen LogP contribution < -0.4 is 10.6 Å². The minimum absolute atomic E-state index is 0.218. The van der Waals surface area contributed by atoms with Gasteiger partial charge in [-0.3, -0.25) is 0 Å². The predicted molar refractivity (Wildman–Crippen MR) is 70.1 cm³/mol. The van der Waals surface area contributed by atoms with Crippen molar-refractivity contribution in [1.82, 2.24) is 10.6 Å². The molecule has 2 N–H and O–H groups in total. The molecule has 0 aliphatic carbocycles. The fourth-order valence-electron chi connectivity index (χ4n) is 1.34.